The van der Waals surface area contributed by atoms with E-state index in [-0.39, 0.29) is 0 Å². The third-order valence-corrected chi connectivity index (χ3v) is 8.49. The molecule has 190 valence electrons. The Balaban J connectivity index is 1.43. The molecule has 0 N–H and O–H groups in total. The maximum Gasteiger partial charge on any atom is 0.0703 e. The Morgan fingerprint density at radius 1 is 0.512 bits per heavy atom. The molecule has 3 aromatic heterocycles. The van der Waals surface area contributed by atoms with Crippen molar-refractivity contribution >= 4 is 32.6 Å². The molecule has 0 atom stereocenters. The molecule has 1 aliphatic carbocycles. The van der Waals surface area contributed by atoms with E-state index in [4.69, 9.17) is 4.98 Å². The van der Waals surface area contributed by atoms with Crippen LogP contribution in [0.4, 0.5) is 0 Å². The zero-order valence-corrected chi connectivity index (χ0v) is 22.1. The quantitative estimate of drug-likeness (QED) is 0.227. The first kappa shape index (κ1) is 22.3. The fraction of sp³-hybridized carbons (Fsp3) is 0. The van der Waals surface area contributed by atoms with Crippen LogP contribution in [0.5, 0.6) is 0 Å². The maximum atomic E-state index is 4.92. The number of pyridine rings is 2. The summed E-state index contributed by atoms with van der Waals surface area (Å²) >= 11 is 0. The van der Waals surface area contributed by atoms with Gasteiger partial charge in [-0.3, -0.25) is 9.97 Å². The summed E-state index contributed by atoms with van der Waals surface area (Å²) in [4.78, 5) is 9.58. The lowest BCUT2D eigenvalue weighted by molar-refractivity contribution is 1.14. The van der Waals surface area contributed by atoms with Crippen molar-refractivity contribution in [1.29, 1.82) is 0 Å². The van der Waals surface area contributed by atoms with Crippen molar-refractivity contribution in [3.8, 4) is 50.3 Å². The number of benzene rings is 5. The SMILES string of the molecule is c1ccc(-c2ccc(-n3c4ccccc4c4ccc5c(c43)-c3cnccc3-c3cccc4cccc-5c34)cn2)cc1. The van der Waals surface area contributed by atoms with Gasteiger partial charge < -0.3 is 4.57 Å². The number of nitrogens with zero attached hydrogens (tertiary/aromatic N) is 3. The standard InChI is InChI=1S/C38H23N3/c1-2-8-24(9-3-1)34-19-16-26(22-40-34)41-35-15-5-4-12-28(35)32-18-17-31-30-14-7-11-25-10-6-13-29(36(25)30)27-20-21-39-23-33(27)37(31)38(32)41/h1-23H. The van der Waals surface area contributed by atoms with Crippen LogP contribution in [0.15, 0.2) is 140 Å². The van der Waals surface area contributed by atoms with Crippen LogP contribution in [-0.4, -0.2) is 14.5 Å². The largest absolute Gasteiger partial charge is 0.307 e. The minimum Gasteiger partial charge on any atom is -0.307 e. The molecule has 1 aliphatic rings. The minimum absolute atomic E-state index is 0.964. The number of aromatic nitrogens is 3. The van der Waals surface area contributed by atoms with Crippen LogP contribution in [0.1, 0.15) is 0 Å². The summed E-state index contributed by atoms with van der Waals surface area (Å²) in [6, 6.07) is 43.4. The summed E-state index contributed by atoms with van der Waals surface area (Å²) in [5.41, 5.74) is 12.7. The molecule has 0 radical (unpaired) electrons. The van der Waals surface area contributed by atoms with Crippen molar-refractivity contribution in [3.05, 3.63) is 140 Å². The molecule has 3 nitrogen and oxygen atoms in total. The van der Waals surface area contributed by atoms with E-state index in [0.717, 1.165) is 28.0 Å². The van der Waals surface area contributed by atoms with Gasteiger partial charge in [0.25, 0.3) is 0 Å². The predicted molar refractivity (Wildman–Crippen MR) is 169 cm³/mol. The van der Waals surface area contributed by atoms with Crippen LogP contribution < -0.4 is 0 Å². The monoisotopic (exact) mass is 521 g/mol. The van der Waals surface area contributed by atoms with Crippen molar-refractivity contribution in [1.82, 2.24) is 14.5 Å². The highest BCUT2D eigenvalue weighted by atomic mass is 15.0. The van der Waals surface area contributed by atoms with Crippen LogP contribution in [0.2, 0.25) is 0 Å². The van der Waals surface area contributed by atoms with E-state index in [1.165, 1.54) is 54.9 Å². The Kier molecular flexibility index (Phi) is 4.61. The lowest BCUT2D eigenvalue weighted by Gasteiger charge is -2.16. The molecule has 3 heteroatoms. The van der Waals surface area contributed by atoms with Crippen LogP contribution in [0, 0.1) is 0 Å². The van der Waals surface area contributed by atoms with E-state index in [2.05, 4.69) is 125 Å². The van der Waals surface area contributed by atoms with Gasteiger partial charge in [0.15, 0.2) is 0 Å². The van der Waals surface area contributed by atoms with Crippen molar-refractivity contribution in [2.45, 2.75) is 0 Å². The number of fused-ring (bicyclic) bond motifs is 9. The van der Waals surface area contributed by atoms with Gasteiger partial charge in [0, 0.05) is 39.9 Å². The van der Waals surface area contributed by atoms with Gasteiger partial charge in [0.1, 0.15) is 0 Å². The Labute approximate surface area is 237 Å². The van der Waals surface area contributed by atoms with E-state index in [1.54, 1.807) is 0 Å². The van der Waals surface area contributed by atoms with Gasteiger partial charge in [-0.15, -0.1) is 0 Å². The summed E-state index contributed by atoms with van der Waals surface area (Å²) in [6.45, 7) is 0. The molecule has 0 fully saturated rings. The van der Waals surface area contributed by atoms with Gasteiger partial charge in [-0.05, 0) is 57.3 Å². The Morgan fingerprint density at radius 3 is 2.15 bits per heavy atom. The molecule has 5 aromatic carbocycles. The maximum absolute atomic E-state index is 4.92. The van der Waals surface area contributed by atoms with Crippen molar-refractivity contribution in [2.24, 2.45) is 0 Å². The molecule has 0 saturated heterocycles. The second-order valence-electron chi connectivity index (χ2n) is 10.6. The normalized spacial score (nSPS) is 11.9. The van der Waals surface area contributed by atoms with Gasteiger partial charge in [-0.1, -0.05) is 97.1 Å². The highest BCUT2D eigenvalue weighted by molar-refractivity contribution is 6.21. The predicted octanol–water partition coefficient (Wildman–Crippen LogP) is 9.71. The lowest BCUT2D eigenvalue weighted by Crippen LogP contribution is -1.98. The molecule has 0 bridgehead atoms. The third kappa shape index (κ3) is 3.14. The van der Waals surface area contributed by atoms with Crippen molar-refractivity contribution in [2.75, 3.05) is 0 Å². The Morgan fingerprint density at radius 2 is 1.32 bits per heavy atom. The molecule has 0 saturated carbocycles. The first-order valence-electron chi connectivity index (χ1n) is 13.9. The van der Waals surface area contributed by atoms with Gasteiger partial charge in [-0.25, -0.2) is 0 Å². The van der Waals surface area contributed by atoms with Crippen LogP contribution in [0.3, 0.4) is 0 Å². The molecule has 9 rings (SSSR count). The van der Waals surface area contributed by atoms with E-state index in [1.807, 2.05) is 24.7 Å². The zero-order valence-electron chi connectivity index (χ0n) is 22.1. The molecule has 0 amide bonds. The fourth-order valence-electron chi connectivity index (χ4n) is 6.74. The van der Waals surface area contributed by atoms with E-state index < -0.39 is 0 Å². The fourth-order valence-corrected chi connectivity index (χ4v) is 6.74. The van der Waals surface area contributed by atoms with Gasteiger partial charge in [0.2, 0.25) is 0 Å². The van der Waals surface area contributed by atoms with Crippen LogP contribution in [0.25, 0.3) is 82.9 Å². The summed E-state index contributed by atoms with van der Waals surface area (Å²) in [5, 5.41) is 4.98. The first-order chi connectivity index (χ1) is 20.4. The molecule has 41 heavy (non-hydrogen) atoms. The second-order valence-corrected chi connectivity index (χ2v) is 10.6. The van der Waals surface area contributed by atoms with Gasteiger partial charge in [-0.2, -0.15) is 0 Å². The minimum atomic E-state index is 0.964. The van der Waals surface area contributed by atoms with E-state index >= 15 is 0 Å². The average Bonchev–Trinajstić information content (AvgIpc) is 3.32. The van der Waals surface area contributed by atoms with Crippen LogP contribution >= 0.6 is 0 Å². The number of hydrogen-bond donors (Lipinski definition) is 0. The highest BCUT2D eigenvalue weighted by Gasteiger charge is 2.26. The van der Waals surface area contributed by atoms with Crippen molar-refractivity contribution in [3.63, 3.8) is 0 Å². The topological polar surface area (TPSA) is 30.7 Å². The number of para-hydroxylation sites is 1. The van der Waals surface area contributed by atoms with Crippen molar-refractivity contribution < 1.29 is 0 Å². The van der Waals surface area contributed by atoms with Gasteiger partial charge in [0.05, 0.1) is 28.6 Å². The summed E-state index contributed by atoms with van der Waals surface area (Å²) in [7, 11) is 0. The van der Waals surface area contributed by atoms with E-state index in [9.17, 15) is 0 Å². The van der Waals surface area contributed by atoms with Crippen LogP contribution in [-0.2, 0) is 0 Å². The first-order valence-corrected chi connectivity index (χ1v) is 13.9. The molecular weight excluding hydrogens is 498 g/mol. The van der Waals surface area contributed by atoms with E-state index in [0.29, 0.717) is 0 Å². The highest BCUT2D eigenvalue weighted by Crippen LogP contribution is 2.51. The second kappa shape index (κ2) is 8.48. The molecule has 0 unspecified atom stereocenters. The van der Waals surface area contributed by atoms with Gasteiger partial charge >= 0.3 is 0 Å². The smallest absolute Gasteiger partial charge is 0.0703 e. The Bertz CT molecular complexity index is 2290. The summed E-state index contributed by atoms with van der Waals surface area (Å²) < 4.78 is 2.39. The average molecular weight is 522 g/mol. The molecule has 8 aromatic rings. The molecule has 0 aliphatic heterocycles. The Hall–Kier alpha value is -5.54. The molecule has 0 spiro atoms. The number of hydrogen-bond acceptors (Lipinski definition) is 2. The molecule has 3 heterocycles. The summed E-state index contributed by atoms with van der Waals surface area (Å²) in [6.07, 6.45) is 5.95. The lowest BCUT2D eigenvalue weighted by atomic mass is 9.92. The third-order valence-electron chi connectivity index (χ3n) is 8.49. The summed E-state index contributed by atoms with van der Waals surface area (Å²) in [5.74, 6) is 0. The number of rotatable bonds is 2. The molecular formula is C38H23N3. The zero-order chi connectivity index (χ0) is 26.9.